The predicted octanol–water partition coefficient (Wildman–Crippen LogP) is 6.12. The Morgan fingerprint density at radius 3 is 1.68 bits per heavy atom. The molecule has 1 aliphatic heterocycles. The quantitative estimate of drug-likeness (QED) is 0.165. The summed E-state index contributed by atoms with van der Waals surface area (Å²) in [6, 6.07) is 24.7. The Morgan fingerprint density at radius 2 is 1.17 bits per heavy atom. The van der Waals surface area contributed by atoms with Crippen LogP contribution < -0.4 is 21.5 Å². The van der Waals surface area contributed by atoms with Gasteiger partial charge in [0.1, 0.15) is 6.29 Å². The Morgan fingerprint density at radius 1 is 0.698 bits per heavy atom. The fourth-order valence-electron chi connectivity index (χ4n) is 5.38. The molecule has 0 radical (unpaired) electrons. The van der Waals surface area contributed by atoms with Crippen molar-refractivity contribution in [3.63, 3.8) is 0 Å². The first-order chi connectivity index (χ1) is 25.7. The summed E-state index contributed by atoms with van der Waals surface area (Å²) in [4.78, 5) is 63.3. The second kappa shape index (κ2) is 17.8. The molecule has 0 saturated carbocycles. The van der Waals surface area contributed by atoms with Gasteiger partial charge in [0.15, 0.2) is 11.4 Å². The number of aldehydes is 1. The highest BCUT2D eigenvalue weighted by Crippen LogP contribution is 2.19. The molecule has 4 aromatic carbocycles. The number of morpholine rings is 1. The van der Waals surface area contributed by atoms with E-state index in [1.165, 1.54) is 6.07 Å². The van der Waals surface area contributed by atoms with Crippen LogP contribution in [0.3, 0.4) is 0 Å². The summed E-state index contributed by atoms with van der Waals surface area (Å²) in [5.41, 5.74) is 2.11. The zero-order valence-corrected chi connectivity index (χ0v) is 31.1. The van der Waals surface area contributed by atoms with Gasteiger partial charge in [0.2, 0.25) is 10.9 Å². The first-order valence-electron chi connectivity index (χ1n) is 16.4. The number of rotatable bonds is 9. The van der Waals surface area contributed by atoms with E-state index in [0.717, 1.165) is 77.3 Å². The lowest BCUT2D eigenvalue weighted by Gasteiger charge is -2.26. The van der Waals surface area contributed by atoms with Gasteiger partial charge >= 0.3 is 0 Å². The smallest absolute Gasteiger partial charge is 0.275 e. The van der Waals surface area contributed by atoms with Crippen LogP contribution in [0.2, 0.25) is 10.0 Å². The number of carbonyl (C=O) groups excluding carboxylic acids is 3. The number of nitrogens with one attached hydrogen (secondary N) is 2. The Labute approximate surface area is 321 Å². The molecule has 2 amide bonds. The first-order valence-corrected chi connectivity index (χ1v) is 18.7. The molecule has 53 heavy (non-hydrogen) atoms. The second-order valence-corrected chi connectivity index (χ2v) is 14.4. The van der Waals surface area contributed by atoms with Crippen molar-refractivity contribution < 1.29 is 19.1 Å². The molecule has 3 heterocycles. The lowest BCUT2D eigenvalue weighted by atomic mass is 10.1. The lowest BCUT2D eigenvalue weighted by molar-refractivity contribution is 0.0342. The van der Waals surface area contributed by atoms with E-state index in [1.54, 1.807) is 48.5 Å². The van der Waals surface area contributed by atoms with Crippen LogP contribution in [0.25, 0.3) is 20.2 Å². The Hall–Kier alpha value is -4.89. The molecule has 0 bridgehead atoms. The topological polar surface area (TPSA) is 148 Å². The van der Waals surface area contributed by atoms with E-state index in [-0.39, 0.29) is 23.4 Å². The van der Waals surface area contributed by atoms with Crippen LogP contribution in [0, 0.1) is 0 Å². The number of ether oxygens (including phenoxy) is 1. The maximum absolute atomic E-state index is 12.9. The molecule has 2 N–H and O–H groups in total. The first kappa shape index (κ1) is 37.9. The van der Waals surface area contributed by atoms with Crippen molar-refractivity contribution in [2.75, 3.05) is 26.3 Å². The van der Waals surface area contributed by atoms with E-state index >= 15 is 0 Å². The number of halogens is 2. The molecule has 0 unspecified atom stereocenters. The van der Waals surface area contributed by atoms with E-state index in [1.807, 2.05) is 30.3 Å². The van der Waals surface area contributed by atoms with Gasteiger partial charge in [-0.05, 0) is 88.3 Å². The van der Waals surface area contributed by atoms with Crippen LogP contribution in [0.1, 0.15) is 48.0 Å². The van der Waals surface area contributed by atoms with E-state index in [4.69, 9.17) is 27.9 Å². The van der Waals surface area contributed by atoms with Crippen molar-refractivity contribution in [1.29, 1.82) is 0 Å². The average Bonchev–Trinajstić information content (AvgIpc) is 3.18. The lowest BCUT2D eigenvalue weighted by Crippen LogP contribution is -2.35. The molecular weight excluding hydrogens is 757 g/mol. The molecule has 1 fully saturated rings. The number of fused-ring (bicyclic) bond motifs is 2. The zero-order chi connectivity index (χ0) is 37.3. The molecular formula is C38H31Cl2N5O6S2. The average molecular weight is 789 g/mol. The molecule has 7 rings (SSSR count). The molecule has 1 saturated heterocycles. The van der Waals surface area contributed by atoms with Gasteiger partial charge in [-0.3, -0.25) is 28.9 Å². The van der Waals surface area contributed by atoms with Crippen molar-refractivity contribution in [3.05, 3.63) is 149 Å². The van der Waals surface area contributed by atoms with Gasteiger partial charge in [0.05, 0.1) is 22.6 Å². The van der Waals surface area contributed by atoms with Crippen molar-refractivity contribution in [2.24, 2.45) is 0 Å². The maximum atomic E-state index is 12.9. The summed E-state index contributed by atoms with van der Waals surface area (Å²) >= 11 is 13.9. The zero-order valence-electron chi connectivity index (χ0n) is 28.0. The summed E-state index contributed by atoms with van der Waals surface area (Å²) in [6.07, 6.45) is 0.657. The van der Waals surface area contributed by atoms with Gasteiger partial charge in [-0.1, -0.05) is 59.6 Å². The SMILES string of the molecule is O=C(NCc1ccc(Cl)cc1)c1nsc2ccc(CN3CCOCC3)cc2c1=O.O=Cc1ccc2snc(C(=O)NCc3ccc(Cl)cc3)c(=O)c2c1. The molecule has 1 aliphatic rings. The maximum Gasteiger partial charge on any atom is 0.275 e. The summed E-state index contributed by atoms with van der Waals surface area (Å²) in [7, 11) is 0. The van der Waals surface area contributed by atoms with E-state index < -0.39 is 17.2 Å². The van der Waals surface area contributed by atoms with E-state index in [2.05, 4.69) is 24.3 Å². The molecule has 0 spiro atoms. The number of nitrogens with zero attached hydrogens (tertiary/aromatic N) is 3. The fourth-order valence-corrected chi connectivity index (χ4v) is 7.10. The van der Waals surface area contributed by atoms with Crippen molar-refractivity contribution in [2.45, 2.75) is 19.6 Å². The standard InChI is InChI=1S/C21H20ClN3O3S.C17H11ClN2O3S/c22-16-4-1-14(2-5-16)12-23-21(27)19-20(26)17-11-15(3-6-18(17)29-24-19)13-25-7-9-28-10-8-25;18-12-4-1-10(2-5-12)8-19-17(23)15-16(22)13-7-11(9-21)3-6-14(13)24-20-15/h1-6,11H,7-10,12-13H2,(H,23,27);1-7,9H,8H2,(H,19,23). The number of hydrogen-bond donors (Lipinski definition) is 2. The minimum Gasteiger partial charge on any atom is -0.379 e. The Balaban J connectivity index is 0.000000185. The van der Waals surface area contributed by atoms with Gasteiger partial charge in [0, 0.05) is 59.1 Å². The highest BCUT2D eigenvalue weighted by atomic mass is 35.5. The largest absolute Gasteiger partial charge is 0.379 e. The number of aromatic nitrogens is 2. The number of benzene rings is 4. The summed E-state index contributed by atoms with van der Waals surface area (Å²) < 4.78 is 14.9. The van der Waals surface area contributed by atoms with E-state index in [9.17, 15) is 24.0 Å². The number of carbonyl (C=O) groups is 3. The van der Waals surface area contributed by atoms with Gasteiger partial charge in [-0.2, -0.15) is 8.75 Å². The summed E-state index contributed by atoms with van der Waals surface area (Å²) in [5.74, 6) is -1.02. The minimum absolute atomic E-state index is 0.0695. The minimum atomic E-state index is -0.551. The molecule has 15 heteroatoms. The molecule has 0 atom stereocenters. The van der Waals surface area contributed by atoms with Crippen LogP contribution in [0.4, 0.5) is 0 Å². The third-order valence-electron chi connectivity index (χ3n) is 8.25. The van der Waals surface area contributed by atoms with Gasteiger partial charge < -0.3 is 15.4 Å². The van der Waals surface area contributed by atoms with E-state index in [0.29, 0.717) is 43.9 Å². The van der Waals surface area contributed by atoms with Crippen molar-refractivity contribution >= 4 is 84.5 Å². The molecule has 6 aromatic rings. The van der Waals surface area contributed by atoms with Crippen LogP contribution in [-0.4, -0.2) is 58.1 Å². The summed E-state index contributed by atoms with van der Waals surface area (Å²) in [5, 5.41) is 7.51. The van der Waals surface area contributed by atoms with Crippen LogP contribution in [0.15, 0.2) is 94.5 Å². The highest BCUT2D eigenvalue weighted by Gasteiger charge is 2.18. The Bertz CT molecular complexity index is 2400. The third kappa shape index (κ3) is 9.76. The third-order valence-corrected chi connectivity index (χ3v) is 10.4. The van der Waals surface area contributed by atoms with Crippen molar-refractivity contribution in [3.8, 4) is 0 Å². The van der Waals surface area contributed by atoms with Crippen LogP contribution in [0.5, 0.6) is 0 Å². The Kier molecular flexibility index (Phi) is 12.7. The predicted molar refractivity (Wildman–Crippen MR) is 209 cm³/mol. The van der Waals surface area contributed by atoms with Crippen LogP contribution >= 0.6 is 46.3 Å². The normalized spacial score (nSPS) is 12.9. The van der Waals surface area contributed by atoms with Gasteiger partial charge in [-0.25, -0.2) is 0 Å². The monoisotopic (exact) mass is 787 g/mol. The van der Waals surface area contributed by atoms with Gasteiger partial charge in [0.25, 0.3) is 11.8 Å². The molecule has 2 aromatic heterocycles. The molecule has 270 valence electrons. The van der Waals surface area contributed by atoms with Crippen molar-refractivity contribution in [1.82, 2.24) is 24.3 Å². The molecule has 11 nitrogen and oxygen atoms in total. The van der Waals surface area contributed by atoms with Gasteiger partial charge in [-0.15, -0.1) is 0 Å². The second-order valence-electron chi connectivity index (χ2n) is 11.9. The molecule has 0 aliphatic carbocycles. The number of hydrogen-bond acceptors (Lipinski definition) is 11. The van der Waals surface area contributed by atoms with Crippen LogP contribution in [-0.2, 0) is 24.4 Å². The highest BCUT2D eigenvalue weighted by molar-refractivity contribution is 7.13. The fraction of sp³-hybridized carbons (Fsp3) is 0.184. The number of amides is 2. The summed E-state index contributed by atoms with van der Waals surface area (Å²) in [6.45, 7) is 4.52.